The van der Waals surface area contributed by atoms with E-state index in [0.29, 0.717) is 0 Å². The van der Waals surface area contributed by atoms with E-state index < -0.39 is 0 Å². The smallest absolute Gasteiger partial charge is 0.125 e. The summed E-state index contributed by atoms with van der Waals surface area (Å²) < 4.78 is 2.12. The maximum Gasteiger partial charge on any atom is 0.125 e. The fourth-order valence-electron chi connectivity index (χ4n) is 4.18. The topological polar surface area (TPSA) is 46.0 Å². The molecule has 1 aliphatic rings. The van der Waals surface area contributed by atoms with Crippen LogP contribution in [0.25, 0.3) is 27.8 Å². The number of nitrogens with zero attached hydrogens (tertiary/aromatic N) is 4. The molecular weight excluding hydrogens is 370 g/mol. The summed E-state index contributed by atoms with van der Waals surface area (Å²) in [4.78, 5) is 11.8. The third-order valence-electron chi connectivity index (χ3n) is 5.86. The molecule has 152 valence electrons. The highest BCUT2D eigenvalue weighted by molar-refractivity contribution is 5.83. The Balaban J connectivity index is 1.27. The van der Waals surface area contributed by atoms with Gasteiger partial charge in [0.25, 0.3) is 0 Å². The van der Waals surface area contributed by atoms with Crippen molar-refractivity contribution in [2.24, 2.45) is 0 Å². The van der Waals surface area contributed by atoms with Crippen LogP contribution in [-0.4, -0.2) is 45.6 Å². The van der Waals surface area contributed by atoms with E-state index in [1.165, 1.54) is 32.4 Å². The van der Waals surface area contributed by atoms with E-state index in [4.69, 9.17) is 0 Å². The zero-order chi connectivity index (χ0) is 20.2. The minimum atomic E-state index is 0.935. The van der Waals surface area contributed by atoms with Gasteiger partial charge in [0, 0.05) is 30.5 Å². The molecule has 5 nitrogen and oxygen atoms in total. The summed E-state index contributed by atoms with van der Waals surface area (Å²) in [7, 11) is 0. The number of piperidine rings is 1. The average Bonchev–Trinajstić information content (AvgIpc) is 3.24. The predicted octanol–water partition coefficient (Wildman–Crippen LogP) is 4.99. The summed E-state index contributed by atoms with van der Waals surface area (Å²) >= 11 is 0. The van der Waals surface area contributed by atoms with Gasteiger partial charge >= 0.3 is 0 Å². The van der Waals surface area contributed by atoms with Gasteiger partial charge in [0.15, 0.2) is 0 Å². The van der Waals surface area contributed by atoms with Gasteiger partial charge < -0.3 is 10.2 Å². The molecule has 5 rings (SSSR count). The molecule has 4 aromatic rings. The van der Waals surface area contributed by atoms with E-state index >= 15 is 0 Å². The van der Waals surface area contributed by atoms with Crippen LogP contribution in [0.3, 0.4) is 0 Å². The second-order valence-corrected chi connectivity index (χ2v) is 7.91. The first-order valence-electron chi connectivity index (χ1n) is 10.8. The van der Waals surface area contributed by atoms with Gasteiger partial charge in [0.2, 0.25) is 0 Å². The monoisotopic (exact) mass is 397 g/mol. The summed E-state index contributed by atoms with van der Waals surface area (Å²) in [5, 5.41) is 3.45. The van der Waals surface area contributed by atoms with Crippen LogP contribution in [0.15, 0.2) is 73.2 Å². The molecule has 5 heteroatoms. The van der Waals surface area contributed by atoms with Crippen LogP contribution in [0.5, 0.6) is 0 Å². The number of fused-ring (bicyclic) bond motifs is 1. The molecule has 0 radical (unpaired) electrons. The fourth-order valence-corrected chi connectivity index (χ4v) is 4.18. The molecular formula is C25H27N5. The Hall–Kier alpha value is -3.18. The summed E-state index contributed by atoms with van der Waals surface area (Å²) in [5.41, 5.74) is 5.45. The predicted molar refractivity (Wildman–Crippen MR) is 123 cm³/mol. The Labute approximate surface area is 177 Å². The lowest BCUT2D eigenvalue weighted by Gasteiger charge is -2.26. The number of anilines is 1. The second kappa shape index (κ2) is 8.67. The molecule has 30 heavy (non-hydrogen) atoms. The zero-order valence-corrected chi connectivity index (χ0v) is 17.2. The van der Waals surface area contributed by atoms with E-state index in [1.54, 1.807) is 0 Å². The Morgan fingerprint density at radius 3 is 2.47 bits per heavy atom. The van der Waals surface area contributed by atoms with Crippen molar-refractivity contribution in [1.29, 1.82) is 0 Å². The van der Waals surface area contributed by atoms with E-state index in [2.05, 4.69) is 67.2 Å². The van der Waals surface area contributed by atoms with Gasteiger partial charge in [-0.2, -0.15) is 0 Å². The van der Waals surface area contributed by atoms with Crippen LogP contribution < -0.4 is 5.32 Å². The summed E-state index contributed by atoms with van der Waals surface area (Å²) in [6, 6.07) is 20.9. The van der Waals surface area contributed by atoms with Crippen LogP contribution in [0.2, 0.25) is 0 Å². The largest absolute Gasteiger partial charge is 0.369 e. The Morgan fingerprint density at radius 2 is 1.67 bits per heavy atom. The van der Waals surface area contributed by atoms with Gasteiger partial charge in [-0.1, -0.05) is 30.7 Å². The molecule has 0 atom stereocenters. The molecule has 0 unspecified atom stereocenters. The highest BCUT2D eigenvalue weighted by Crippen LogP contribution is 2.25. The van der Waals surface area contributed by atoms with E-state index in [1.807, 2.05) is 30.7 Å². The SMILES string of the molecule is c1ccc(-n2cnc3cc(-c4ccc(NCCN5CCCCC5)nc4)ccc32)cc1. The summed E-state index contributed by atoms with van der Waals surface area (Å²) in [6.45, 7) is 4.49. The van der Waals surface area contributed by atoms with Gasteiger partial charge in [-0.3, -0.25) is 4.57 Å². The number of para-hydroxylation sites is 1. The number of nitrogens with one attached hydrogen (secondary N) is 1. The molecule has 0 spiro atoms. The first-order chi connectivity index (χ1) is 14.9. The average molecular weight is 398 g/mol. The molecule has 1 aliphatic heterocycles. The highest BCUT2D eigenvalue weighted by Gasteiger charge is 2.10. The van der Waals surface area contributed by atoms with E-state index in [-0.39, 0.29) is 0 Å². The van der Waals surface area contributed by atoms with Gasteiger partial charge in [0.1, 0.15) is 12.1 Å². The van der Waals surface area contributed by atoms with Crippen molar-refractivity contribution in [3.8, 4) is 16.8 Å². The highest BCUT2D eigenvalue weighted by atomic mass is 15.1. The number of hydrogen-bond acceptors (Lipinski definition) is 4. The molecule has 0 saturated carbocycles. The van der Waals surface area contributed by atoms with Crippen molar-refractivity contribution in [3.05, 3.63) is 73.2 Å². The van der Waals surface area contributed by atoms with Crippen LogP contribution in [0.4, 0.5) is 5.82 Å². The normalized spacial score (nSPS) is 14.8. The lowest BCUT2D eigenvalue weighted by Crippen LogP contribution is -2.33. The maximum atomic E-state index is 4.62. The minimum Gasteiger partial charge on any atom is -0.369 e. The molecule has 0 amide bonds. The molecule has 1 N–H and O–H groups in total. The van der Waals surface area contributed by atoms with Crippen LogP contribution in [0.1, 0.15) is 19.3 Å². The molecule has 0 bridgehead atoms. The number of imidazole rings is 1. The van der Waals surface area contributed by atoms with Crippen molar-refractivity contribution in [2.45, 2.75) is 19.3 Å². The Morgan fingerprint density at radius 1 is 0.833 bits per heavy atom. The molecule has 0 aliphatic carbocycles. The summed E-state index contributed by atoms with van der Waals surface area (Å²) in [6.07, 6.45) is 7.88. The standard InChI is InChI=1S/C25H27N5/c1-3-7-22(8-4-1)30-19-28-23-17-20(9-11-24(23)30)21-10-12-25(27-18-21)26-13-16-29-14-5-2-6-15-29/h1,3-4,7-12,17-19H,2,5-6,13-16H2,(H,26,27). The van der Waals surface area contributed by atoms with E-state index in [0.717, 1.165) is 46.8 Å². The maximum absolute atomic E-state index is 4.62. The number of rotatable bonds is 6. The van der Waals surface area contributed by atoms with Crippen molar-refractivity contribution < 1.29 is 0 Å². The fraction of sp³-hybridized carbons (Fsp3) is 0.280. The Bertz CT molecular complexity index is 1100. The van der Waals surface area contributed by atoms with Crippen molar-refractivity contribution in [3.63, 3.8) is 0 Å². The first-order valence-corrected chi connectivity index (χ1v) is 10.8. The second-order valence-electron chi connectivity index (χ2n) is 7.91. The minimum absolute atomic E-state index is 0.935. The van der Waals surface area contributed by atoms with Crippen molar-refractivity contribution >= 4 is 16.9 Å². The quantitative estimate of drug-likeness (QED) is 0.498. The number of hydrogen-bond donors (Lipinski definition) is 1. The van der Waals surface area contributed by atoms with Crippen LogP contribution in [-0.2, 0) is 0 Å². The molecule has 1 fully saturated rings. The van der Waals surface area contributed by atoms with Crippen molar-refractivity contribution in [1.82, 2.24) is 19.4 Å². The number of benzene rings is 2. The lowest BCUT2D eigenvalue weighted by molar-refractivity contribution is 0.237. The Kier molecular flexibility index (Phi) is 5.44. The van der Waals surface area contributed by atoms with Crippen molar-refractivity contribution in [2.75, 3.05) is 31.5 Å². The number of pyridine rings is 1. The molecule has 3 heterocycles. The van der Waals surface area contributed by atoms with Crippen LogP contribution in [0, 0.1) is 0 Å². The third kappa shape index (κ3) is 4.07. The van der Waals surface area contributed by atoms with E-state index in [9.17, 15) is 0 Å². The molecule has 1 saturated heterocycles. The number of likely N-dealkylation sites (tertiary alicyclic amines) is 1. The number of aromatic nitrogens is 3. The molecule has 2 aromatic carbocycles. The third-order valence-corrected chi connectivity index (χ3v) is 5.86. The first kappa shape index (κ1) is 18.8. The zero-order valence-electron chi connectivity index (χ0n) is 17.2. The van der Waals surface area contributed by atoms with Crippen LogP contribution >= 0.6 is 0 Å². The van der Waals surface area contributed by atoms with Gasteiger partial charge in [-0.25, -0.2) is 9.97 Å². The lowest BCUT2D eigenvalue weighted by atomic mass is 10.1. The van der Waals surface area contributed by atoms with Gasteiger partial charge in [-0.15, -0.1) is 0 Å². The summed E-state index contributed by atoms with van der Waals surface area (Å²) in [5.74, 6) is 0.935. The molecule has 2 aromatic heterocycles. The van der Waals surface area contributed by atoms with Gasteiger partial charge in [-0.05, 0) is 67.9 Å². The van der Waals surface area contributed by atoms with Gasteiger partial charge in [0.05, 0.1) is 11.0 Å².